The second kappa shape index (κ2) is 3.85. The van der Waals surface area contributed by atoms with Gasteiger partial charge in [-0.05, 0) is 48.2 Å². The van der Waals surface area contributed by atoms with Crippen LogP contribution in [0.4, 0.5) is 4.39 Å². The van der Waals surface area contributed by atoms with Crippen molar-refractivity contribution in [3.63, 3.8) is 0 Å². The maximum absolute atomic E-state index is 12.8. The summed E-state index contributed by atoms with van der Waals surface area (Å²) in [6.45, 7) is 4.15. The van der Waals surface area contributed by atoms with Gasteiger partial charge in [-0.2, -0.15) is 0 Å². The van der Waals surface area contributed by atoms with Crippen LogP contribution >= 0.6 is 0 Å². The van der Waals surface area contributed by atoms with Crippen molar-refractivity contribution in [2.24, 2.45) is 0 Å². The van der Waals surface area contributed by atoms with Crippen molar-refractivity contribution in [2.75, 3.05) is 0 Å². The Kier molecular flexibility index (Phi) is 2.55. The van der Waals surface area contributed by atoms with Gasteiger partial charge in [-0.1, -0.05) is 30.3 Å². The monoisotopic (exact) mass is 200 g/mol. The first kappa shape index (κ1) is 9.91. The lowest BCUT2D eigenvalue weighted by molar-refractivity contribution is 0.628. The Morgan fingerprint density at radius 1 is 0.800 bits per heavy atom. The van der Waals surface area contributed by atoms with Crippen LogP contribution in [0.25, 0.3) is 11.1 Å². The highest BCUT2D eigenvalue weighted by Gasteiger charge is 2.04. The summed E-state index contributed by atoms with van der Waals surface area (Å²) >= 11 is 0. The smallest absolute Gasteiger partial charge is 0.123 e. The van der Waals surface area contributed by atoms with E-state index < -0.39 is 0 Å². The molecule has 2 aromatic rings. The Bertz CT molecular complexity index is 449. The predicted molar refractivity (Wildman–Crippen MR) is 61.3 cm³/mol. The number of aryl methyl sites for hydroxylation is 2. The third kappa shape index (κ3) is 1.91. The molecule has 0 aliphatic rings. The van der Waals surface area contributed by atoms with Crippen molar-refractivity contribution in [2.45, 2.75) is 13.8 Å². The van der Waals surface area contributed by atoms with E-state index in [4.69, 9.17) is 0 Å². The largest absolute Gasteiger partial charge is 0.207 e. The first-order chi connectivity index (χ1) is 7.18. The van der Waals surface area contributed by atoms with Gasteiger partial charge in [0.1, 0.15) is 5.82 Å². The van der Waals surface area contributed by atoms with Gasteiger partial charge >= 0.3 is 0 Å². The molecule has 0 saturated heterocycles. The average molecular weight is 200 g/mol. The molecule has 0 atom stereocenters. The number of rotatable bonds is 1. The maximum atomic E-state index is 12.8. The van der Waals surface area contributed by atoms with Gasteiger partial charge in [0.15, 0.2) is 0 Å². The summed E-state index contributed by atoms with van der Waals surface area (Å²) in [6, 6.07) is 12.8. The first-order valence-corrected chi connectivity index (χ1v) is 5.00. The molecule has 0 spiro atoms. The molecule has 0 radical (unpaired) electrons. The SMILES string of the molecule is Cc1cccc(C)c1-c1ccc(F)cc1. The van der Waals surface area contributed by atoms with Crippen LogP contribution < -0.4 is 0 Å². The van der Waals surface area contributed by atoms with Crippen molar-refractivity contribution in [3.8, 4) is 11.1 Å². The average Bonchev–Trinajstić information content (AvgIpc) is 2.20. The van der Waals surface area contributed by atoms with E-state index in [1.807, 2.05) is 18.2 Å². The molecule has 1 heteroatoms. The summed E-state index contributed by atoms with van der Waals surface area (Å²) in [5, 5.41) is 0. The van der Waals surface area contributed by atoms with Crippen molar-refractivity contribution >= 4 is 0 Å². The third-order valence-corrected chi connectivity index (χ3v) is 2.61. The molecule has 0 amide bonds. The Morgan fingerprint density at radius 2 is 1.33 bits per heavy atom. The molecule has 2 aromatic carbocycles. The van der Waals surface area contributed by atoms with Crippen LogP contribution in [0.3, 0.4) is 0 Å². The van der Waals surface area contributed by atoms with Crippen LogP contribution in [0.15, 0.2) is 42.5 Å². The Morgan fingerprint density at radius 3 is 1.87 bits per heavy atom. The lowest BCUT2D eigenvalue weighted by atomic mass is 9.96. The molecule has 0 fully saturated rings. The van der Waals surface area contributed by atoms with E-state index in [1.54, 1.807) is 0 Å². The van der Waals surface area contributed by atoms with Crippen LogP contribution in [0.2, 0.25) is 0 Å². The van der Waals surface area contributed by atoms with Crippen LogP contribution in [-0.4, -0.2) is 0 Å². The van der Waals surface area contributed by atoms with Crippen molar-refractivity contribution in [1.29, 1.82) is 0 Å². The summed E-state index contributed by atoms with van der Waals surface area (Å²) in [4.78, 5) is 0. The third-order valence-electron chi connectivity index (χ3n) is 2.61. The van der Waals surface area contributed by atoms with Crippen LogP contribution in [0.5, 0.6) is 0 Å². The Hall–Kier alpha value is -1.63. The molecule has 0 aromatic heterocycles. The minimum absolute atomic E-state index is 0.190. The van der Waals surface area contributed by atoms with E-state index in [0.29, 0.717) is 0 Å². The Labute approximate surface area is 89.4 Å². The van der Waals surface area contributed by atoms with E-state index in [-0.39, 0.29) is 5.82 Å². The summed E-state index contributed by atoms with van der Waals surface area (Å²) in [5.74, 6) is -0.190. The lowest BCUT2D eigenvalue weighted by Crippen LogP contribution is -1.87. The zero-order valence-corrected chi connectivity index (χ0v) is 8.92. The van der Waals surface area contributed by atoms with Gasteiger partial charge in [-0.15, -0.1) is 0 Å². The minimum Gasteiger partial charge on any atom is -0.207 e. The zero-order chi connectivity index (χ0) is 10.8. The first-order valence-electron chi connectivity index (χ1n) is 5.00. The molecule has 76 valence electrons. The van der Waals surface area contributed by atoms with E-state index in [9.17, 15) is 4.39 Å². The van der Waals surface area contributed by atoms with Gasteiger partial charge in [-0.25, -0.2) is 4.39 Å². The van der Waals surface area contributed by atoms with Gasteiger partial charge in [0.2, 0.25) is 0 Å². The summed E-state index contributed by atoms with van der Waals surface area (Å²) < 4.78 is 12.8. The molecule has 0 N–H and O–H groups in total. The van der Waals surface area contributed by atoms with Gasteiger partial charge in [-0.3, -0.25) is 0 Å². The summed E-state index contributed by atoms with van der Waals surface area (Å²) in [7, 11) is 0. The second-order valence-corrected chi connectivity index (χ2v) is 3.77. The van der Waals surface area contributed by atoms with E-state index in [1.165, 1.54) is 28.8 Å². The highest BCUT2D eigenvalue weighted by atomic mass is 19.1. The number of hydrogen-bond donors (Lipinski definition) is 0. The molecule has 0 bridgehead atoms. The quantitative estimate of drug-likeness (QED) is 0.649. The number of hydrogen-bond acceptors (Lipinski definition) is 0. The minimum atomic E-state index is -0.190. The lowest BCUT2D eigenvalue weighted by Gasteiger charge is -2.09. The van der Waals surface area contributed by atoms with Crippen molar-refractivity contribution in [3.05, 3.63) is 59.4 Å². The molecule has 0 heterocycles. The fourth-order valence-corrected chi connectivity index (χ4v) is 1.89. The Balaban J connectivity index is 2.58. The molecule has 0 unspecified atom stereocenters. The molecular weight excluding hydrogens is 187 g/mol. The van der Waals surface area contributed by atoms with E-state index in [0.717, 1.165) is 5.56 Å². The highest BCUT2D eigenvalue weighted by Crippen LogP contribution is 2.26. The molecular formula is C14H13F. The van der Waals surface area contributed by atoms with E-state index >= 15 is 0 Å². The van der Waals surface area contributed by atoms with E-state index in [2.05, 4.69) is 26.0 Å². The molecule has 0 nitrogen and oxygen atoms in total. The molecule has 0 saturated carbocycles. The summed E-state index contributed by atoms with van der Waals surface area (Å²) in [6.07, 6.45) is 0. The number of benzene rings is 2. The predicted octanol–water partition coefficient (Wildman–Crippen LogP) is 4.11. The standard InChI is InChI=1S/C14H13F/c1-10-4-3-5-11(2)14(10)12-6-8-13(15)9-7-12/h3-9H,1-2H3. The van der Waals surface area contributed by atoms with Gasteiger partial charge in [0, 0.05) is 0 Å². The highest BCUT2D eigenvalue weighted by molar-refractivity contribution is 5.70. The fraction of sp³-hybridized carbons (Fsp3) is 0.143. The molecule has 0 aliphatic heterocycles. The molecule has 0 aliphatic carbocycles. The zero-order valence-electron chi connectivity index (χ0n) is 8.92. The topological polar surface area (TPSA) is 0 Å². The molecule has 15 heavy (non-hydrogen) atoms. The normalized spacial score (nSPS) is 10.3. The van der Waals surface area contributed by atoms with Crippen LogP contribution in [0, 0.1) is 19.7 Å². The maximum Gasteiger partial charge on any atom is 0.123 e. The van der Waals surface area contributed by atoms with Crippen LogP contribution in [-0.2, 0) is 0 Å². The fourth-order valence-electron chi connectivity index (χ4n) is 1.89. The van der Waals surface area contributed by atoms with Gasteiger partial charge < -0.3 is 0 Å². The number of halogens is 1. The van der Waals surface area contributed by atoms with Gasteiger partial charge in [0.25, 0.3) is 0 Å². The molecule has 2 rings (SSSR count). The van der Waals surface area contributed by atoms with Gasteiger partial charge in [0.05, 0.1) is 0 Å². The van der Waals surface area contributed by atoms with Crippen LogP contribution in [0.1, 0.15) is 11.1 Å². The van der Waals surface area contributed by atoms with Crippen molar-refractivity contribution < 1.29 is 4.39 Å². The second-order valence-electron chi connectivity index (χ2n) is 3.77. The summed E-state index contributed by atoms with van der Waals surface area (Å²) in [5.41, 5.74) is 4.73. The van der Waals surface area contributed by atoms with Crippen molar-refractivity contribution in [1.82, 2.24) is 0 Å².